The van der Waals surface area contributed by atoms with Crippen LogP contribution in [-0.2, 0) is 0 Å². The van der Waals surface area contributed by atoms with Gasteiger partial charge >= 0.3 is 6.03 Å². The minimum atomic E-state index is -0.568. The number of halogens is 1. The Morgan fingerprint density at radius 2 is 2.00 bits per heavy atom. The van der Waals surface area contributed by atoms with E-state index < -0.39 is 5.91 Å². The van der Waals surface area contributed by atoms with Crippen LogP contribution in [0.5, 0.6) is 11.5 Å². The zero-order valence-corrected chi connectivity index (χ0v) is 15.2. The van der Waals surface area contributed by atoms with Gasteiger partial charge in [-0.1, -0.05) is 23.7 Å². The number of rotatable bonds is 5. The number of fused-ring (bicyclic) bond motifs is 1. The number of urea groups is 1. The van der Waals surface area contributed by atoms with Gasteiger partial charge in [-0.25, -0.2) is 4.79 Å². The van der Waals surface area contributed by atoms with Gasteiger partial charge in [0.2, 0.25) is 5.91 Å². The Kier molecular flexibility index (Phi) is 5.42. The van der Waals surface area contributed by atoms with Crippen LogP contribution in [-0.4, -0.2) is 23.5 Å². The van der Waals surface area contributed by atoms with E-state index in [-0.39, 0.29) is 11.1 Å². The van der Waals surface area contributed by atoms with E-state index in [1.807, 2.05) is 6.92 Å². The standard InChI is InChI=1S/C19H17ClN4O3/c1-2-22-19(26)24-15-5-3-4-6-16(15)27-17-12-9-11(18(21)25)7-8-14(12)23-10-13(17)20/h3-10H,2H2,1H3,(H2,21,25)(H2,22,24,26). The Hall–Kier alpha value is -3.32. The Morgan fingerprint density at radius 1 is 1.22 bits per heavy atom. The SMILES string of the molecule is CCNC(=O)Nc1ccccc1Oc1c(Cl)cnc2ccc(C(N)=O)cc12. The first-order valence-corrected chi connectivity index (χ1v) is 8.57. The summed E-state index contributed by atoms with van der Waals surface area (Å²) in [5, 5.41) is 6.17. The summed E-state index contributed by atoms with van der Waals surface area (Å²) < 4.78 is 6.00. The minimum Gasteiger partial charge on any atom is -0.453 e. The molecule has 4 N–H and O–H groups in total. The van der Waals surface area contributed by atoms with Gasteiger partial charge in [0.15, 0.2) is 11.5 Å². The van der Waals surface area contributed by atoms with Gasteiger partial charge in [-0.15, -0.1) is 0 Å². The topological polar surface area (TPSA) is 106 Å². The lowest BCUT2D eigenvalue weighted by Crippen LogP contribution is -2.28. The van der Waals surface area contributed by atoms with E-state index in [0.717, 1.165) is 0 Å². The number of ether oxygens (including phenoxy) is 1. The van der Waals surface area contributed by atoms with Crippen LogP contribution in [0.3, 0.4) is 0 Å². The Balaban J connectivity index is 2.04. The summed E-state index contributed by atoms with van der Waals surface area (Å²) in [4.78, 5) is 27.6. The third-order valence-corrected chi connectivity index (χ3v) is 4.01. The summed E-state index contributed by atoms with van der Waals surface area (Å²) in [6.07, 6.45) is 1.46. The lowest BCUT2D eigenvalue weighted by atomic mass is 10.1. The molecule has 27 heavy (non-hydrogen) atoms. The van der Waals surface area contributed by atoms with Crippen molar-refractivity contribution in [2.45, 2.75) is 6.92 Å². The average molecular weight is 385 g/mol. The average Bonchev–Trinajstić information content (AvgIpc) is 2.65. The first-order chi connectivity index (χ1) is 13.0. The molecule has 1 aromatic heterocycles. The summed E-state index contributed by atoms with van der Waals surface area (Å²) in [6, 6.07) is 11.4. The Labute approximate surface area is 160 Å². The van der Waals surface area contributed by atoms with Gasteiger partial charge in [-0.2, -0.15) is 0 Å². The summed E-state index contributed by atoms with van der Waals surface area (Å²) in [5.74, 6) is 0.138. The maximum atomic E-state index is 11.9. The molecule has 3 aromatic rings. The fourth-order valence-corrected chi connectivity index (χ4v) is 2.69. The molecule has 0 radical (unpaired) electrons. The molecule has 2 aromatic carbocycles. The lowest BCUT2D eigenvalue weighted by Gasteiger charge is -2.15. The second-order valence-electron chi connectivity index (χ2n) is 5.61. The minimum absolute atomic E-state index is 0.261. The molecule has 0 aliphatic carbocycles. The lowest BCUT2D eigenvalue weighted by molar-refractivity contribution is 0.100. The van der Waals surface area contributed by atoms with E-state index >= 15 is 0 Å². The Morgan fingerprint density at radius 3 is 2.74 bits per heavy atom. The third-order valence-electron chi connectivity index (χ3n) is 3.74. The fourth-order valence-electron chi connectivity index (χ4n) is 2.50. The van der Waals surface area contributed by atoms with Crippen molar-refractivity contribution in [1.29, 1.82) is 0 Å². The molecule has 0 spiro atoms. The number of hydrogen-bond acceptors (Lipinski definition) is 4. The van der Waals surface area contributed by atoms with Crippen LogP contribution in [0.1, 0.15) is 17.3 Å². The van der Waals surface area contributed by atoms with Crippen LogP contribution in [0.4, 0.5) is 10.5 Å². The summed E-state index contributed by atoms with van der Waals surface area (Å²) in [5.41, 5.74) is 6.73. The van der Waals surface area contributed by atoms with Crippen LogP contribution in [0.2, 0.25) is 5.02 Å². The van der Waals surface area contributed by atoms with Crippen molar-refractivity contribution in [3.63, 3.8) is 0 Å². The number of carbonyl (C=O) groups excluding carboxylic acids is 2. The van der Waals surface area contributed by atoms with Crippen molar-refractivity contribution >= 4 is 40.1 Å². The van der Waals surface area contributed by atoms with E-state index in [1.54, 1.807) is 42.5 Å². The second-order valence-corrected chi connectivity index (χ2v) is 6.02. The number of benzene rings is 2. The molecule has 0 bridgehead atoms. The molecule has 0 aliphatic rings. The molecule has 0 fully saturated rings. The molecule has 1 heterocycles. The molecule has 0 saturated heterocycles. The predicted octanol–water partition coefficient (Wildman–Crippen LogP) is 3.92. The highest BCUT2D eigenvalue weighted by molar-refractivity contribution is 6.33. The smallest absolute Gasteiger partial charge is 0.319 e. The first kappa shape index (κ1) is 18.5. The largest absolute Gasteiger partial charge is 0.453 e. The molecule has 3 rings (SSSR count). The van der Waals surface area contributed by atoms with Crippen molar-refractivity contribution in [3.8, 4) is 11.5 Å². The van der Waals surface area contributed by atoms with Crippen LogP contribution in [0, 0.1) is 0 Å². The van der Waals surface area contributed by atoms with Crippen molar-refractivity contribution in [2.24, 2.45) is 5.73 Å². The number of pyridine rings is 1. The normalized spacial score (nSPS) is 10.4. The molecule has 0 aliphatic heterocycles. The number of aromatic nitrogens is 1. The summed E-state index contributed by atoms with van der Waals surface area (Å²) in [6.45, 7) is 2.31. The summed E-state index contributed by atoms with van der Waals surface area (Å²) >= 11 is 6.29. The van der Waals surface area contributed by atoms with Crippen LogP contribution in [0.15, 0.2) is 48.7 Å². The predicted molar refractivity (Wildman–Crippen MR) is 104 cm³/mol. The highest BCUT2D eigenvalue weighted by atomic mass is 35.5. The van der Waals surface area contributed by atoms with Gasteiger partial charge in [0, 0.05) is 23.7 Å². The zero-order valence-electron chi connectivity index (χ0n) is 14.5. The molecular formula is C19H17ClN4O3. The molecule has 7 nitrogen and oxygen atoms in total. The number of anilines is 1. The molecule has 3 amide bonds. The van der Waals surface area contributed by atoms with Crippen molar-refractivity contribution in [2.75, 3.05) is 11.9 Å². The van der Waals surface area contributed by atoms with Gasteiger partial charge < -0.3 is 21.1 Å². The monoisotopic (exact) mass is 384 g/mol. The number of amides is 3. The number of primary amides is 1. The maximum Gasteiger partial charge on any atom is 0.319 e. The second kappa shape index (κ2) is 7.92. The third kappa shape index (κ3) is 4.09. The van der Waals surface area contributed by atoms with Crippen LogP contribution >= 0.6 is 11.6 Å². The van der Waals surface area contributed by atoms with Crippen LogP contribution in [0.25, 0.3) is 10.9 Å². The van der Waals surface area contributed by atoms with E-state index in [1.165, 1.54) is 6.20 Å². The molecule has 138 valence electrons. The van der Waals surface area contributed by atoms with Gasteiger partial charge in [0.25, 0.3) is 0 Å². The molecule has 0 atom stereocenters. The van der Waals surface area contributed by atoms with Crippen molar-refractivity contribution in [1.82, 2.24) is 10.3 Å². The van der Waals surface area contributed by atoms with E-state index in [0.29, 0.717) is 40.2 Å². The number of nitrogens with one attached hydrogen (secondary N) is 2. The molecular weight excluding hydrogens is 368 g/mol. The number of hydrogen-bond donors (Lipinski definition) is 3. The Bertz CT molecular complexity index is 1020. The number of nitrogens with two attached hydrogens (primary N) is 1. The zero-order chi connectivity index (χ0) is 19.4. The number of nitrogens with zero attached hydrogens (tertiary/aromatic N) is 1. The van der Waals surface area contributed by atoms with Gasteiger partial charge in [0.1, 0.15) is 5.02 Å². The summed E-state index contributed by atoms with van der Waals surface area (Å²) in [7, 11) is 0. The van der Waals surface area contributed by atoms with E-state index in [4.69, 9.17) is 22.1 Å². The molecule has 0 unspecified atom stereocenters. The highest BCUT2D eigenvalue weighted by Crippen LogP contribution is 2.38. The van der Waals surface area contributed by atoms with Crippen molar-refractivity contribution < 1.29 is 14.3 Å². The first-order valence-electron chi connectivity index (χ1n) is 8.19. The number of para-hydroxylation sites is 2. The van der Waals surface area contributed by atoms with E-state index in [9.17, 15) is 9.59 Å². The van der Waals surface area contributed by atoms with E-state index in [2.05, 4.69) is 15.6 Å². The molecule has 0 saturated carbocycles. The number of carbonyl (C=O) groups is 2. The maximum absolute atomic E-state index is 11.9. The highest BCUT2D eigenvalue weighted by Gasteiger charge is 2.15. The van der Waals surface area contributed by atoms with Crippen molar-refractivity contribution in [3.05, 3.63) is 59.2 Å². The van der Waals surface area contributed by atoms with Gasteiger partial charge in [-0.05, 0) is 37.3 Å². The van der Waals surface area contributed by atoms with Gasteiger partial charge in [0.05, 0.1) is 11.2 Å². The molecule has 8 heteroatoms. The quantitative estimate of drug-likeness (QED) is 0.619. The fraction of sp³-hybridized carbons (Fsp3) is 0.105. The van der Waals surface area contributed by atoms with Gasteiger partial charge in [-0.3, -0.25) is 9.78 Å². The van der Waals surface area contributed by atoms with Crippen LogP contribution < -0.4 is 21.1 Å².